The molecule has 0 spiro atoms. The normalized spacial score (nSPS) is 11.2. The second kappa shape index (κ2) is 6.33. The molecule has 8 nitrogen and oxygen atoms in total. The third kappa shape index (κ3) is 3.46. The van der Waals surface area contributed by atoms with E-state index in [0.29, 0.717) is 17.7 Å². The Morgan fingerprint density at radius 3 is 2.68 bits per heavy atom. The van der Waals surface area contributed by atoms with Gasteiger partial charge in [0.05, 0.1) is 16.7 Å². The monoisotopic (exact) mass is 303 g/mol. The Kier molecular flexibility index (Phi) is 4.50. The standard InChI is InChI=1S/C14H17N5O3/c1-14(2,13(21)22)7-8-15-12(20)10-5-3-4-6-11(10)19-9-16-17-18-19/h3-6,9H,7-8H2,1-2H3,(H,15,20)(H,21,22). The Morgan fingerprint density at radius 2 is 2.05 bits per heavy atom. The van der Waals surface area contributed by atoms with Gasteiger partial charge in [-0.1, -0.05) is 12.1 Å². The predicted octanol–water partition coefficient (Wildman–Crippen LogP) is 0.893. The van der Waals surface area contributed by atoms with Crippen LogP contribution in [0.3, 0.4) is 0 Å². The maximum Gasteiger partial charge on any atom is 0.309 e. The lowest BCUT2D eigenvalue weighted by atomic mass is 9.89. The topological polar surface area (TPSA) is 110 Å². The fourth-order valence-corrected chi connectivity index (χ4v) is 1.83. The molecule has 0 aliphatic rings. The van der Waals surface area contributed by atoms with Crippen molar-refractivity contribution in [2.24, 2.45) is 5.41 Å². The molecule has 0 saturated carbocycles. The molecule has 8 heteroatoms. The van der Waals surface area contributed by atoms with Crippen molar-refractivity contribution in [1.29, 1.82) is 0 Å². The van der Waals surface area contributed by atoms with Crippen LogP contribution in [0.2, 0.25) is 0 Å². The molecule has 0 fully saturated rings. The van der Waals surface area contributed by atoms with E-state index in [9.17, 15) is 9.59 Å². The Hall–Kier alpha value is -2.77. The van der Waals surface area contributed by atoms with Crippen LogP contribution in [-0.4, -0.2) is 43.7 Å². The molecule has 0 bridgehead atoms. The zero-order valence-corrected chi connectivity index (χ0v) is 12.4. The zero-order valence-electron chi connectivity index (χ0n) is 12.4. The third-order valence-electron chi connectivity index (χ3n) is 3.36. The van der Waals surface area contributed by atoms with Gasteiger partial charge >= 0.3 is 5.97 Å². The first-order valence-corrected chi connectivity index (χ1v) is 6.76. The summed E-state index contributed by atoms with van der Waals surface area (Å²) >= 11 is 0. The van der Waals surface area contributed by atoms with Gasteiger partial charge in [0, 0.05) is 6.54 Å². The number of tetrazole rings is 1. The Labute approximate surface area is 127 Å². The minimum atomic E-state index is -0.893. The van der Waals surface area contributed by atoms with Crippen LogP contribution in [0.4, 0.5) is 0 Å². The average molecular weight is 303 g/mol. The lowest BCUT2D eigenvalue weighted by Crippen LogP contribution is -2.32. The molecule has 22 heavy (non-hydrogen) atoms. The number of aliphatic carboxylic acids is 1. The summed E-state index contributed by atoms with van der Waals surface area (Å²) in [5, 5.41) is 22.6. The fourth-order valence-electron chi connectivity index (χ4n) is 1.83. The van der Waals surface area contributed by atoms with Crippen LogP contribution in [0.15, 0.2) is 30.6 Å². The van der Waals surface area contributed by atoms with Crippen molar-refractivity contribution in [2.75, 3.05) is 6.54 Å². The van der Waals surface area contributed by atoms with Gasteiger partial charge in [-0.25, -0.2) is 0 Å². The number of carbonyl (C=O) groups is 2. The van der Waals surface area contributed by atoms with Gasteiger partial charge in [0.2, 0.25) is 0 Å². The smallest absolute Gasteiger partial charge is 0.309 e. The number of aromatic nitrogens is 4. The van der Waals surface area contributed by atoms with Crippen LogP contribution >= 0.6 is 0 Å². The molecule has 0 saturated heterocycles. The van der Waals surface area contributed by atoms with E-state index in [1.807, 2.05) is 0 Å². The molecule has 1 aromatic heterocycles. The number of benzene rings is 1. The molecule has 0 aliphatic heterocycles. The number of carboxylic acids is 1. The number of para-hydroxylation sites is 1. The maximum atomic E-state index is 12.3. The van der Waals surface area contributed by atoms with E-state index in [1.54, 1.807) is 38.1 Å². The van der Waals surface area contributed by atoms with E-state index >= 15 is 0 Å². The molecule has 0 aliphatic carbocycles. The largest absolute Gasteiger partial charge is 0.481 e. The van der Waals surface area contributed by atoms with Gasteiger partial charge in [-0.3, -0.25) is 9.59 Å². The summed E-state index contributed by atoms with van der Waals surface area (Å²) in [7, 11) is 0. The Morgan fingerprint density at radius 1 is 1.32 bits per heavy atom. The molecule has 0 atom stereocenters. The SMILES string of the molecule is CC(C)(CCNC(=O)c1ccccc1-n1cnnn1)C(=O)O. The van der Waals surface area contributed by atoms with E-state index in [4.69, 9.17) is 5.11 Å². The predicted molar refractivity (Wildman–Crippen MR) is 77.5 cm³/mol. The van der Waals surface area contributed by atoms with E-state index in [2.05, 4.69) is 20.8 Å². The van der Waals surface area contributed by atoms with Gasteiger partial charge < -0.3 is 10.4 Å². The van der Waals surface area contributed by atoms with Gasteiger partial charge in [-0.2, -0.15) is 4.68 Å². The molecule has 0 radical (unpaired) electrons. The molecule has 1 aromatic carbocycles. The number of rotatable bonds is 6. The Balaban J connectivity index is 2.07. The summed E-state index contributed by atoms with van der Waals surface area (Å²) < 4.78 is 1.40. The molecule has 1 amide bonds. The summed E-state index contributed by atoms with van der Waals surface area (Å²) in [4.78, 5) is 23.3. The summed E-state index contributed by atoms with van der Waals surface area (Å²) in [6.45, 7) is 3.51. The lowest BCUT2D eigenvalue weighted by Gasteiger charge is -2.19. The zero-order chi connectivity index (χ0) is 16.2. The van der Waals surface area contributed by atoms with E-state index in [0.717, 1.165) is 0 Å². The van der Waals surface area contributed by atoms with E-state index in [-0.39, 0.29) is 12.5 Å². The number of carboxylic acid groups (broad SMARTS) is 1. The summed E-state index contributed by atoms with van der Waals surface area (Å²) in [6, 6.07) is 6.91. The quantitative estimate of drug-likeness (QED) is 0.820. The van der Waals surface area contributed by atoms with Gasteiger partial charge in [0.15, 0.2) is 0 Å². The molecule has 2 aromatic rings. The van der Waals surface area contributed by atoms with Gasteiger partial charge in [-0.05, 0) is 42.8 Å². The van der Waals surface area contributed by atoms with Crippen molar-refractivity contribution in [1.82, 2.24) is 25.5 Å². The third-order valence-corrected chi connectivity index (χ3v) is 3.36. The first kappa shape index (κ1) is 15.6. The summed E-state index contributed by atoms with van der Waals surface area (Å²) in [5.74, 6) is -1.19. The van der Waals surface area contributed by atoms with Crippen molar-refractivity contribution < 1.29 is 14.7 Å². The Bertz CT molecular complexity index is 667. The van der Waals surface area contributed by atoms with Gasteiger partial charge in [0.1, 0.15) is 6.33 Å². The highest BCUT2D eigenvalue weighted by molar-refractivity contribution is 5.97. The van der Waals surface area contributed by atoms with Crippen LogP contribution < -0.4 is 5.32 Å². The molecule has 2 N–H and O–H groups in total. The summed E-state index contributed by atoms with van der Waals surface area (Å²) in [6.07, 6.45) is 1.74. The number of carbonyl (C=O) groups excluding carboxylic acids is 1. The minimum absolute atomic E-state index is 0.266. The van der Waals surface area contributed by atoms with E-state index in [1.165, 1.54) is 11.0 Å². The number of hydrogen-bond donors (Lipinski definition) is 2. The highest BCUT2D eigenvalue weighted by Gasteiger charge is 2.26. The van der Waals surface area contributed by atoms with Crippen LogP contribution in [0, 0.1) is 5.41 Å². The maximum absolute atomic E-state index is 12.3. The van der Waals surface area contributed by atoms with Gasteiger partial charge in [-0.15, -0.1) is 5.10 Å². The van der Waals surface area contributed by atoms with Crippen molar-refractivity contribution >= 4 is 11.9 Å². The highest BCUT2D eigenvalue weighted by atomic mass is 16.4. The van der Waals surface area contributed by atoms with Crippen molar-refractivity contribution in [3.05, 3.63) is 36.2 Å². The number of amides is 1. The second-order valence-electron chi connectivity index (χ2n) is 5.47. The fraction of sp³-hybridized carbons (Fsp3) is 0.357. The number of hydrogen-bond acceptors (Lipinski definition) is 5. The van der Waals surface area contributed by atoms with Crippen molar-refractivity contribution in [3.63, 3.8) is 0 Å². The molecule has 0 unspecified atom stereocenters. The second-order valence-corrected chi connectivity index (χ2v) is 5.47. The first-order valence-electron chi connectivity index (χ1n) is 6.76. The highest BCUT2D eigenvalue weighted by Crippen LogP contribution is 2.19. The minimum Gasteiger partial charge on any atom is -0.481 e. The summed E-state index contributed by atoms with van der Waals surface area (Å²) in [5.41, 5.74) is 0.0910. The number of nitrogens with zero attached hydrogens (tertiary/aromatic N) is 4. The molecule has 2 rings (SSSR count). The van der Waals surface area contributed by atoms with Crippen molar-refractivity contribution in [3.8, 4) is 5.69 Å². The molecule has 1 heterocycles. The van der Waals surface area contributed by atoms with Crippen LogP contribution in [-0.2, 0) is 4.79 Å². The van der Waals surface area contributed by atoms with Crippen LogP contribution in [0.5, 0.6) is 0 Å². The molecule has 116 valence electrons. The van der Waals surface area contributed by atoms with Crippen molar-refractivity contribution in [2.45, 2.75) is 20.3 Å². The molecular formula is C14H17N5O3. The first-order chi connectivity index (χ1) is 10.4. The van der Waals surface area contributed by atoms with Crippen LogP contribution in [0.1, 0.15) is 30.6 Å². The van der Waals surface area contributed by atoms with Crippen LogP contribution in [0.25, 0.3) is 5.69 Å². The average Bonchev–Trinajstić information content (AvgIpc) is 3.01. The molecular weight excluding hydrogens is 286 g/mol. The lowest BCUT2D eigenvalue weighted by molar-refractivity contribution is -0.147. The van der Waals surface area contributed by atoms with Gasteiger partial charge in [0.25, 0.3) is 5.91 Å². The van der Waals surface area contributed by atoms with E-state index < -0.39 is 11.4 Å². The number of nitrogens with one attached hydrogen (secondary N) is 1.